The van der Waals surface area contributed by atoms with E-state index in [-0.39, 0.29) is 11.5 Å². The smallest absolute Gasteiger partial charge is 0.275 e. The third-order valence-corrected chi connectivity index (χ3v) is 4.42. The third kappa shape index (κ3) is 3.51. The van der Waals surface area contributed by atoms with Crippen molar-refractivity contribution >= 4 is 16.8 Å². The molecule has 0 atom stereocenters. The Morgan fingerprint density at radius 2 is 2.11 bits per heavy atom. The first-order chi connectivity index (χ1) is 13.1. The minimum absolute atomic E-state index is 0.0873. The molecule has 2 aromatic heterocycles. The number of amides is 1. The molecule has 0 aliphatic rings. The summed E-state index contributed by atoms with van der Waals surface area (Å²) in [5, 5.41) is 3.60. The first-order valence-electron chi connectivity index (χ1n) is 8.89. The lowest BCUT2D eigenvalue weighted by molar-refractivity contribution is 0.0956. The first-order valence-corrected chi connectivity index (χ1v) is 8.89. The summed E-state index contributed by atoms with van der Waals surface area (Å²) in [6.07, 6.45) is 7.39. The van der Waals surface area contributed by atoms with E-state index < -0.39 is 0 Å². The molecule has 27 heavy (non-hydrogen) atoms. The molecule has 0 saturated carbocycles. The van der Waals surface area contributed by atoms with Crippen LogP contribution in [-0.4, -0.2) is 29.1 Å². The number of nitrogens with zero attached hydrogens (tertiary/aromatic N) is 1. The maximum Gasteiger partial charge on any atom is 0.275 e. The molecular formula is C21H23N3O3. The number of benzene rings is 1. The van der Waals surface area contributed by atoms with Gasteiger partial charge in [-0.1, -0.05) is 12.2 Å². The SMILES string of the molecule is CC=CCn1cc(-c2cc(C(=O)NCC)ccc2OC)c2cc[nH]c2c1=O. The molecule has 0 fully saturated rings. The zero-order valence-electron chi connectivity index (χ0n) is 15.7. The second-order valence-electron chi connectivity index (χ2n) is 6.11. The molecule has 1 aromatic carbocycles. The average molecular weight is 365 g/mol. The lowest BCUT2D eigenvalue weighted by atomic mass is 10.00. The van der Waals surface area contributed by atoms with E-state index in [1.54, 1.807) is 36.1 Å². The fourth-order valence-corrected chi connectivity index (χ4v) is 3.09. The van der Waals surface area contributed by atoms with Crippen LogP contribution in [0.3, 0.4) is 0 Å². The van der Waals surface area contributed by atoms with E-state index >= 15 is 0 Å². The van der Waals surface area contributed by atoms with E-state index in [1.807, 2.05) is 38.3 Å². The molecule has 2 heterocycles. The van der Waals surface area contributed by atoms with Crippen molar-refractivity contribution in [1.82, 2.24) is 14.9 Å². The molecule has 0 bridgehead atoms. The highest BCUT2D eigenvalue weighted by atomic mass is 16.5. The molecule has 0 radical (unpaired) electrons. The van der Waals surface area contributed by atoms with E-state index in [0.717, 1.165) is 16.5 Å². The monoisotopic (exact) mass is 365 g/mol. The summed E-state index contributed by atoms with van der Waals surface area (Å²) >= 11 is 0. The van der Waals surface area contributed by atoms with Gasteiger partial charge in [0.15, 0.2) is 0 Å². The lowest BCUT2D eigenvalue weighted by Gasteiger charge is -2.14. The van der Waals surface area contributed by atoms with Gasteiger partial charge in [-0.05, 0) is 38.1 Å². The van der Waals surface area contributed by atoms with Gasteiger partial charge >= 0.3 is 0 Å². The Hall–Kier alpha value is -3.28. The Kier molecular flexibility index (Phi) is 5.45. The standard InChI is InChI=1S/C21H23N3O3/c1-4-6-11-24-13-17(15-9-10-23-19(15)21(24)26)16-12-14(20(25)22-5-2)7-8-18(16)27-3/h4,6-10,12-13,23H,5,11H2,1-3H3,(H,22,25). The quantitative estimate of drug-likeness (QED) is 0.658. The second kappa shape index (κ2) is 7.95. The normalized spacial score (nSPS) is 11.2. The zero-order valence-corrected chi connectivity index (χ0v) is 15.7. The van der Waals surface area contributed by atoms with Crippen molar-refractivity contribution in [2.45, 2.75) is 20.4 Å². The number of ether oxygens (including phenoxy) is 1. The molecule has 0 aliphatic heterocycles. The number of aromatic nitrogens is 2. The van der Waals surface area contributed by atoms with Gasteiger partial charge in [0.1, 0.15) is 11.3 Å². The van der Waals surface area contributed by atoms with Gasteiger partial charge < -0.3 is 19.6 Å². The van der Waals surface area contributed by atoms with Crippen molar-refractivity contribution in [2.75, 3.05) is 13.7 Å². The number of nitrogens with one attached hydrogen (secondary N) is 2. The average Bonchev–Trinajstić information content (AvgIpc) is 3.17. The lowest BCUT2D eigenvalue weighted by Crippen LogP contribution is -2.22. The number of H-pyrrole nitrogens is 1. The third-order valence-electron chi connectivity index (χ3n) is 4.42. The molecule has 2 N–H and O–H groups in total. The highest BCUT2D eigenvalue weighted by Gasteiger charge is 2.16. The number of hydrogen-bond donors (Lipinski definition) is 2. The van der Waals surface area contributed by atoms with Gasteiger partial charge in [-0.3, -0.25) is 9.59 Å². The molecule has 6 heteroatoms. The Labute approximate surface area is 157 Å². The molecular weight excluding hydrogens is 342 g/mol. The van der Waals surface area contributed by atoms with Crippen LogP contribution in [-0.2, 0) is 6.54 Å². The van der Waals surface area contributed by atoms with Gasteiger partial charge in [0, 0.05) is 47.6 Å². The summed E-state index contributed by atoms with van der Waals surface area (Å²) in [6, 6.07) is 7.18. The predicted molar refractivity (Wildman–Crippen MR) is 107 cm³/mol. The van der Waals surface area contributed by atoms with Gasteiger partial charge in [0.2, 0.25) is 0 Å². The topological polar surface area (TPSA) is 76.1 Å². The van der Waals surface area contributed by atoms with Crippen molar-refractivity contribution in [2.24, 2.45) is 0 Å². The largest absolute Gasteiger partial charge is 0.496 e. The fraction of sp³-hybridized carbons (Fsp3) is 0.238. The van der Waals surface area contributed by atoms with Gasteiger partial charge in [0.25, 0.3) is 11.5 Å². The fourth-order valence-electron chi connectivity index (χ4n) is 3.09. The molecule has 0 aliphatic carbocycles. The highest BCUT2D eigenvalue weighted by Crippen LogP contribution is 2.34. The molecule has 1 amide bonds. The summed E-state index contributed by atoms with van der Waals surface area (Å²) in [7, 11) is 1.59. The van der Waals surface area contributed by atoms with Gasteiger partial charge in [-0.25, -0.2) is 0 Å². The van der Waals surface area contributed by atoms with Crippen LogP contribution in [0.4, 0.5) is 0 Å². The first kappa shape index (κ1) is 18.5. The number of methoxy groups -OCH3 is 1. The van der Waals surface area contributed by atoms with Crippen molar-refractivity contribution in [3.8, 4) is 16.9 Å². The minimum Gasteiger partial charge on any atom is -0.496 e. The van der Waals surface area contributed by atoms with E-state index in [2.05, 4.69) is 10.3 Å². The summed E-state index contributed by atoms with van der Waals surface area (Å²) in [5.41, 5.74) is 2.58. The number of fused-ring (bicyclic) bond motifs is 1. The number of hydrogen-bond acceptors (Lipinski definition) is 3. The van der Waals surface area contributed by atoms with Crippen LogP contribution in [0, 0.1) is 0 Å². The Bertz CT molecular complexity index is 1060. The zero-order chi connectivity index (χ0) is 19.4. The number of allylic oxidation sites excluding steroid dienone is 2. The minimum atomic E-state index is -0.144. The van der Waals surface area contributed by atoms with Crippen LogP contribution < -0.4 is 15.6 Å². The van der Waals surface area contributed by atoms with Crippen molar-refractivity contribution < 1.29 is 9.53 Å². The summed E-state index contributed by atoms with van der Waals surface area (Å²) in [4.78, 5) is 28.0. The second-order valence-corrected chi connectivity index (χ2v) is 6.11. The molecule has 0 spiro atoms. The van der Waals surface area contributed by atoms with E-state index in [1.165, 1.54) is 0 Å². The molecule has 3 rings (SSSR count). The number of pyridine rings is 1. The maximum atomic E-state index is 12.7. The predicted octanol–water partition coefficient (Wildman–Crippen LogP) is 3.33. The number of aromatic amines is 1. The van der Waals surface area contributed by atoms with Crippen LogP contribution in [0.15, 0.2) is 53.6 Å². The van der Waals surface area contributed by atoms with Crippen LogP contribution in [0.25, 0.3) is 22.0 Å². The van der Waals surface area contributed by atoms with E-state index in [9.17, 15) is 9.59 Å². The maximum absolute atomic E-state index is 12.7. The summed E-state index contributed by atoms with van der Waals surface area (Å²) in [6.45, 7) is 4.81. The Morgan fingerprint density at radius 3 is 2.81 bits per heavy atom. The van der Waals surface area contributed by atoms with Crippen LogP contribution in [0.1, 0.15) is 24.2 Å². The number of carbonyl (C=O) groups excluding carboxylic acids is 1. The number of rotatable bonds is 6. The van der Waals surface area contributed by atoms with Crippen molar-refractivity contribution in [3.05, 3.63) is 64.7 Å². The van der Waals surface area contributed by atoms with Crippen LogP contribution >= 0.6 is 0 Å². The summed E-state index contributed by atoms with van der Waals surface area (Å²) in [5.74, 6) is 0.496. The molecule has 0 saturated heterocycles. The van der Waals surface area contributed by atoms with Gasteiger partial charge in [0.05, 0.1) is 7.11 Å². The number of carbonyl (C=O) groups is 1. The molecule has 140 valence electrons. The molecule has 3 aromatic rings. The van der Waals surface area contributed by atoms with Crippen LogP contribution in [0.2, 0.25) is 0 Å². The Balaban J connectivity index is 2.26. The van der Waals surface area contributed by atoms with Gasteiger partial charge in [-0.2, -0.15) is 0 Å². The van der Waals surface area contributed by atoms with Crippen molar-refractivity contribution in [1.29, 1.82) is 0 Å². The van der Waals surface area contributed by atoms with E-state index in [0.29, 0.717) is 29.9 Å². The van der Waals surface area contributed by atoms with Crippen LogP contribution in [0.5, 0.6) is 5.75 Å². The Morgan fingerprint density at radius 1 is 1.30 bits per heavy atom. The summed E-state index contributed by atoms with van der Waals surface area (Å²) < 4.78 is 7.17. The highest BCUT2D eigenvalue weighted by molar-refractivity contribution is 6.00. The molecule has 0 unspecified atom stereocenters. The molecule has 6 nitrogen and oxygen atoms in total. The van der Waals surface area contributed by atoms with Gasteiger partial charge in [-0.15, -0.1) is 0 Å². The van der Waals surface area contributed by atoms with Crippen molar-refractivity contribution in [3.63, 3.8) is 0 Å². The van der Waals surface area contributed by atoms with E-state index in [4.69, 9.17) is 4.74 Å².